The van der Waals surface area contributed by atoms with E-state index in [0.717, 1.165) is 29.7 Å². The highest BCUT2D eigenvalue weighted by Gasteiger charge is 2.49. The summed E-state index contributed by atoms with van der Waals surface area (Å²) in [6, 6.07) is 15.5. The van der Waals surface area contributed by atoms with E-state index < -0.39 is 6.10 Å². The Labute approximate surface area is 217 Å². The third kappa shape index (κ3) is 6.02. The molecule has 182 valence electrons. The first kappa shape index (κ1) is 25.6. The van der Waals surface area contributed by atoms with Gasteiger partial charge in [-0.05, 0) is 54.2 Å². The van der Waals surface area contributed by atoms with Gasteiger partial charge < -0.3 is 9.64 Å². The van der Waals surface area contributed by atoms with Crippen molar-refractivity contribution in [3.63, 3.8) is 0 Å². The SMILES string of the molecule is C=CCC1OC(c2cccc(Cl)c2)C(c2ccc(Cl)cc2)N(C(CSC(C)(C)C)C2CC2)C1=O. The number of benzene rings is 2. The normalized spacial score (nSPS) is 24.2. The molecule has 1 heterocycles. The number of morpholine rings is 1. The van der Waals surface area contributed by atoms with Crippen molar-refractivity contribution >= 4 is 40.9 Å². The molecular formula is C28H33Cl2NO2S. The lowest BCUT2D eigenvalue weighted by Gasteiger charge is -2.48. The lowest BCUT2D eigenvalue weighted by molar-refractivity contribution is -0.178. The maximum atomic E-state index is 14.0. The van der Waals surface area contributed by atoms with Crippen LogP contribution in [0.15, 0.2) is 61.2 Å². The number of hydrogen-bond acceptors (Lipinski definition) is 3. The molecule has 3 nitrogen and oxygen atoms in total. The number of hydrogen-bond donors (Lipinski definition) is 0. The van der Waals surface area contributed by atoms with Crippen molar-refractivity contribution in [1.29, 1.82) is 0 Å². The van der Waals surface area contributed by atoms with Gasteiger partial charge in [-0.3, -0.25) is 4.79 Å². The lowest BCUT2D eigenvalue weighted by Crippen LogP contribution is -2.56. The molecule has 6 heteroatoms. The second-order valence-corrected chi connectivity index (χ2v) is 12.9. The maximum absolute atomic E-state index is 14.0. The molecule has 1 amide bonds. The Hall–Kier alpha value is -1.46. The predicted octanol–water partition coefficient (Wildman–Crippen LogP) is 7.89. The molecule has 2 aromatic carbocycles. The first-order valence-corrected chi connectivity index (χ1v) is 13.7. The largest absolute Gasteiger partial charge is 0.358 e. The molecule has 4 rings (SSSR count). The average molecular weight is 519 g/mol. The molecule has 0 radical (unpaired) electrons. The van der Waals surface area contributed by atoms with Crippen molar-refractivity contribution in [2.45, 2.75) is 69.1 Å². The highest BCUT2D eigenvalue weighted by Crippen LogP contribution is 2.49. The van der Waals surface area contributed by atoms with Gasteiger partial charge in [-0.25, -0.2) is 0 Å². The topological polar surface area (TPSA) is 29.5 Å². The maximum Gasteiger partial charge on any atom is 0.252 e. The Morgan fingerprint density at radius 1 is 1.12 bits per heavy atom. The summed E-state index contributed by atoms with van der Waals surface area (Å²) in [5.74, 6) is 1.45. The fraction of sp³-hybridized carbons (Fsp3) is 0.464. The summed E-state index contributed by atoms with van der Waals surface area (Å²) in [5.41, 5.74) is 1.99. The third-order valence-corrected chi connectivity index (χ3v) is 8.27. The van der Waals surface area contributed by atoms with Crippen molar-refractivity contribution in [1.82, 2.24) is 4.90 Å². The van der Waals surface area contributed by atoms with Crippen LogP contribution in [0.25, 0.3) is 0 Å². The molecule has 2 fully saturated rings. The Kier molecular flexibility index (Phi) is 8.03. The second-order valence-electron chi connectivity index (χ2n) is 10.2. The van der Waals surface area contributed by atoms with Gasteiger partial charge in [0.2, 0.25) is 0 Å². The number of carbonyl (C=O) groups is 1. The molecule has 0 aromatic heterocycles. The van der Waals surface area contributed by atoms with Crippen molar-refractivity contribution in [3.8, 4) is 0 Å². The van der Waals surface area contributed by atoms with Crippen LogP contribution < -0.4 is 0 Å². The van der Waals surface area contributed by atoms with Crippen molar-refractivity contribution < 1.29 is 9.53 Å². The van der Waals surface area contributed by atoms with Gasteiger partial charge in [0.25, 0.3) is 5.91 Å². The van der Waals surface area contributed by atoms with Crippen LogP contribution in [0.4, 0.5) is 0 Å². The Morgan fingerprint density at radius 3 is 2.41 bits per heavy atom. The fourth-order valence-electron chi connectivity index (χ4n) is 4.64. The quantitative estimate of drug-likeness (QED) is 0.333. The highest BCUT2D eigenvalue weighted by atomic mass is 35.5. The number of rotatable bonds is 8. The first-order valence-electron chi connectivity index (χ1n) is 11.9. The van der Waals surface area contributed by atoms with Crippen LogP contribution in [0.3, 0.4) is 0 Å². The summed E-state index contributed by atoms with van der Waals surface area (Å²) >= 11 is 14.5. The van der Waals surface area contributed by atoms with E-state index >= 15 is 0 Å². The van der Waals surface area contributed by atoms with Crippen LogP contribution in [0, 0.1) is 5.92 Å². The van der Waals surface area contributed by atoms with Gasteiger partial charge in [-0.1, -0.05) is 74.3 Å². The van der Waals surface area contributed by atoms with Crippen LogP contribution >= 0.6 is 35.0 Å². The average Bonchev–Trinajstić information content (AvgIpc) is 3.61. The molecule has 4 atom stereocenters. The van der Waals surface area contributed by atoms with E-state index in [0.29, 0.717) is 22.4 Å². The van der Waals surface area contributed by atoms with Gasteiger partial charge in [-0.2, -0.15) is 11.8 Å². The molecule has 0 bridgehead atoms. The number of thioether (sulfide) groups is 1. The van der Waals surface area contributed by atoms with Gasteiger partial charge in [0.15, 0.2) is 0 Å². The molecule has 2 aliphatic rings. The summed E-state index contributed by atoms with van der Waals surface area (Å²) in [6.45, 7) is 10.6. The minimum atomic E-state index is -0.564. The van der Waals surface area contributed by atoms with Gasteiger partial charge >= 0.3 is 0 Å². The van der Waals surface area contributed by atoms with Crippen LogP contribution in [-0.4, -0.2) is 33.5 Å². The number of ether oxygens (including phenoxy) is 1. The van der Waals surface area contributed by atoms with Crippen LogP contribution in [-0.2, 0) is 9.53 Å². The second kappa shape index (κ2) is 10.7. The fourth-order valence-corrected chi connectivity index (χ4v) is 6.06. The van der Waals surface area contributed by atoms with Crippen LogP contribution in [0.5, 0.6) is 0 Å². The van der Waals surface area contributed by atoms with Crippen molar-refractivity contribution in [2.75, 3.05) is 5.75 Å². The summed E-state index contributed by atoms with van der Waals surface area (Å²) in [5, 5.41) is 1.32. The lowest BCUT2D eigenvalue weighted by atomic mass is 9.89. The van der Waals surface area contributed by atoms with Crippen molar-refractivity contribution in [3.05, 3.63) is 82.4 Å². The molecular weight excluding hydrogens is 485 g/mol. The van der Waals surface area contributed by atoms with E-state index in [-0.39, 0.29) is 28.8 Å². The number of carbonyl (C=O) groups excluding carboxylic acids is 1. The smallest absolute Gasteiger partial charge is 0.252 e. The zero-order valence-electron chi connectivity index (χ0n) is 20.0. The molecule has 1 aliphatic carbocycles. The van der Waals surface area contributed by atoms with Crippen LogP contribution in [0.1, 0.15) is 63.3 Å². The minimum absolute atomic E-state index is 0.0459. The molecule has 0 spiro atoms. The molecule has 1 aliphatic heterocycles. The minimum Gasteiger partial charge on any atom is -0.358 e. The van der Waals surface area contributed by atoms with Gasteiger partial charge in [0, 0.05) is 33.0 Å². The van der Waals surface area contributed by atoms with Crippen LogP contribution in [0.2, 0.25) is 10.0 Å². The Balaban J connectivity index is 1.82. The number of nitrogens with zero attached hydrogens (tertiary/aromatic N) is 1. The van der Waals surface area contributed by atoms with Gasteiger partial charge in [-0.15, -0.1) is 6.58 Å². The third-order valence-electron chi connectivity index (χ3n) is 6.41. The summed E-state index contributed by atoms with van der Waals surface area (Å²) in [6.07, 6.45) is 3.65. The Morgan fingerprint density at radius 2 is 1.82 bits per heavy atom. The van der Waals surface area contributed by atoms with Gasteiger partial charge in [0.05, 0.1) is 6.04 Å². The van der Waals surface area contributed by atoms with E-state index in [2.05, 4.69) is 32.3 Å². The monoisotopic (exact) mass is 517 g/mol. The molecule has 34 heavy (non-hydrogen) atoms. The predicted molar refractivity (Wildman–Crippen MR) is 144 cm³/mol. The highest BCUT2D eigenvalue weighted by molar-refractivity contribution is 8.00. The van der Waals surface area contributed by atoms with Gasteiger partial charge in [0.1, 0.15) is 12.2 Å². The van der Waals surface area contributed by atoms with E-state index in [1.54, 1.807) is 6.08 Å². The van der Waals surface area contributed by atoms with Crippen molar-refractivity contribution in [2.24, 2.45) is 5.92 Å². The summed E-state index contributed by atoms with van der Waals surface area (Å²) in [7, 11) is 0. The summed E-state index contributed by atoms with van der Waals surface area (Å²) < 4.78 is 6.66. The van der Waals surface area contributed by atoms with E-state index in [1.807, 2.05) is 60.3 Å². The number of amides is 1. The zero-order chi connectivity index (χ0) is 24.5. The Bertz CT molecular complexity index is 1020. The molecule has 1 saturated carbocycles. The van der Waals surface area contributed by atoms with E-state index in [1.165, 1.54) is 0 Å². The summed E-state index contributed by atoms with van der Waals surface area (Å²) in [4.78, 5) is 16.1. The van der Waals surface area contributed by atoms with E-state index in [9.17, 15) is 4.79 Å². The first-order chi connectivity index (χ1) is 16.2. The molecule has 0 N–H and O–H groups in total. The molecule has 4 unspecified atom stereocenters. The standard InChI is InChI=1S/C28H33Cl2NO2S/c1-5-7-24-27(32)31(23(18-10-11-18)17-34-28(2,3)4)25(19-12-14-21(29)15-13-19)26(33-24)20-8-6-9-22(30)16-20/h5-6,8-9,12-16,18,23-26H,1,7,10-11,17H2,2-4H3. The zero-order valence-corrected chi connectivity index (χ0v) is 22.4. The molecule has 1 saturated heterocycles. The van der Waals surface area contributed by atoms with E-state index in [4.69, 9.17) is 27.9 Å². The number of halogens is 2. The molecule has 2 aromatic rings.